The first kappa shape index (κ1) is 25.9. The maximum absolute atomic E-state index is 13.1. The van der Waals surface area contributed by atoms with E-state index in [9.17, 15) is 9.59 Å². The van der Waals surface area contributed by atoms with Crippen molar-refractivity contribution in [3.05, 3.63) is 83.4 Å². The quantitative estimate of drug-likeness (QED) is 0.326. The summed E-state index contributed by atoms with van der Waals surface area (Å²) in [5.41, 5.74) is 2.86. The van der Waals surface area contributed by atoms with E-state index in [1.54, 1.807) is 0 Å². The molecule has 0 unspecified atom stereocenters. The fourth-order valence-corrected chi connectivity index (χ4v) is 5.10. The van der Waals surface area contributed by atoms with Crippen molar-refractivity contribution in [3.63, 3.8) is 0 Å². The smallest absolute Gasteiger partial charge is 0.325 e. The first-order chi connectivity index (χ1) is 17.5. The van der Waals surface area contributed by atoms with Crippen LogP contribution in [-0.2, 0) is 30.9 Å². The topological polar surface area (TPSA) is 76.7 Å². The molecule has 1 amide bonds. The van der Waals surface area contributed by atoms with Crippen LogP contribution in [0.2, 0.25) is 0 Å². The van der Waals surface area contributed by atoms with Gasteiger partial charge < -0.3 is 20.1 Å². The molecule has 1 atom stereocenters. The number of carbonyl (C=O) groups excluding carboxylic acids is 2. The molecule has 0 spiro atoms. The molecule has 1 aliphatic heterocycles. The van der Waals surface area contributed by atoms with E-state index in [0.717, 1.165) is 24.9 Å². The van der Waals surface area contributed by atoms with Crippen molar-refractivity contribution >= 4 is 22.6 Å². The predicted molar refractivity (Wildman–Crippen MR) is 142 cm³/mol. The lowest BCUT2D eigenvalue weighted by atomic mass is 9.73. The highest BCUT2D eigenvalue weighted by Crippen LogP contribution is 2.35. The van der Waals surface area contributed by atoms with Crippen molar-refractivity contribution in [2.24, 2.45) is 0 Å². The van der Waals surface area contributed by atoms with Crippen LogP contribution in [0.25, 0.3) is 10.8 Å². The zero-order valence-corrected chi connectivity index (χ0v) is 21.2. The van der Waals surface area contributed by atoms with E-state index in [4.69, 9.17) is 4.74 Å². The van der Waals surface area contributed by atoms with Crippen molar-refractivity contribution in [2.75, 3.05) is 33.4 Å². The van der Waals surface area contributed by atoms with Gasteiger partial charge in [0, 0.05) is 19.3 Å². The molecule has 36 heavy (non-hydrogen) atoms. The van der Waals surface area contributed by atoms with Crippen LogP contribution in [0.4, 0.5) is 0 Å². The van der Waals surface area contributed by atoms with E-state index < -0.39 is 11.4 Å². The monoisotopic (exact) mass is 488 g/mol. The Labute approximate surface area is 213 Å². The molecule has 0 saturated carbocycles. The van der Waals surface area contributed by atoms with Gasteiger partial charge in [0.1, 0.15) is 6.54 Å². The number of nitrogens with one attached hydrogen (secondary N) is 2. The molecule has 0 aromatic heterocycles. The van der Waals surface area contributed by atoms with Crippen LogP contribution in [0, 0.1) is 0 Å². The molecular weight excluding hydrogens is 452 g/mol. The number of aryl methyl sites for hydroxylation is 1. The third-order valence-electron chi connectivity index (χ3n) is 7.29. The number of esters is 1. The minimum atomic E-state index is -0.680. The van der Waals surface area contributed by atoms with Crippen molar-refractivity contribution in [2.45, 2.75) is 44.1 Å². The van der Waals surface area contributed by atoms with Gasteiger partial charge in [0.2, 0.25) is 5.91 Å². The molecule has 3 aromatic carbocycles. The summed E-state index contributed by atoms with van der Waals surface area (Å²) in [6.07, 6.45) is 3.16. The number of hydrogen-bond acceptors (Lipinski definition) is 5. The lowest BCUT2D eigenvalue weighted by molar-refractivity contribution is -0.142. The van der Waals surface area contributed by atoms with Gasteiger partial charge in [-0.1, -0.05) is 66.7 Å². The molecule has 1 aliphatic rings. The van der Waals surface area contributed by atoms with E-state index in [0.29, 0.717) is 26.1 Å². The summed E-state index contributed by atoms with van der Waals surface area (Å²) in [6.45, 7) is 4.06. The zero-order chi connectivity index (χ0) is 25.4. The van der Waals surface area contributed by atoms with Crippen LogP contribution in [0.1, 0.15) is 48.9 Å². The second-order valence-corrected chi connectivity index (χ2v) is 9.50. The van der Waals surface area contributed by atoms with Gasteiger partial charge in [-0.25, -0.2) is 0 Å². The van der Waals surface area contributed by atoms with Gasteiger partial charge in [-0.3, -0.25) is 9.59 Å². The Morgan fingerprint density at radius 1 is 1.00 bits per heavy atom. The molecule has 3 aromatic rings. The lowest BCUT2D eigenvalue weighted by Crippen LogP contribution is -2.49. The van der Waals surface area contributed by atoms with Crippen molar-refractivity contribution in [3.8, 4) is 0 Å². The van der Waals surface area contributed by atoms with Gasteiger partial charge in [-0.15, -0.1) is 0 Å². The van der Waals surface area contributed by atoms with Crippen LogP contribution in [0.5, 0.6) is 0 Å². The molecule has 1 saturated heterocycles. The molecule has 0 bridgehead atoms. The van der Waals surface area contributed by atoms with Gasteiger partial charge in [0.25, 0.3) is 0 Å². The summed E-state index contributed by atoms with van der Waals surface area (Å²) in [5, 5.41) is 8.99. The van der Waals surface area contributed by atoms with Crippen molar-refractivity contribution < 1.29 is 19.1 Å². The summed E-state index contributed by atoms with van der Waals surface area (Å²) in [4.78, 5) is 24.6. The van der Waals surface area contributed by atoms with Gasteiger partial charge in [-0.2, -0.15) is 0 Å². The molecule has 0 aliphatic carbocycles. The summed E-state index contributed by atoms with van der Waals surface area (Å²) >= 11 is 0. The highest BCUT2D eigenvalue weighted by molar-refractivity contribution is 5.91. The minimum absolute atomic E-state index is 0.125. The van der Waals surface area contributed by atoms with Crippen LogP contribution >= 0.6 is 0 Å². The van der Waals surface area contributed by atoms with Crippen molar-refractivity contribution in [1.82, 2.24) is 10.6 Å². The van der Waals surface area contributed by atoms with Crippen LogP contribution in [0.15, 0.2) is 66.7 Å². The molecular formula is C30H36N2O4. The minimum Gasteiger partial charge on any atom is -0.468 e. The second-order valence-electron chi connectivity index (χ2n) is 9.50. The Bertz CT molecular complexity index is 1160. The molecule has 4 rings (SSSR count). The fourth-order valence-electron chi connectivity index (χ4n) is 5.10. The van der Waals surface area contributed by atoms with E-state index >= 15 is 0 Å². The molecule has 6 nitrogen and oxygen atoms in total. The summed E-state index contributed by atoms with van der Waals surface area (Å²) in [6, 6.07) is 23.6. The van der Waals surface area contributed by atoms with Gasteiger partial charge in [0.05, 0.1) is 12.5 Å². The third kappa shape index (κ3) is 5.94. The van der Waals surface area contributed by atoms with Crippen LogP contribution in [-0.4, -0.2) is 45.3 Å². The van der Waals surface area contributed by atoms with Crippen LogP contribution < -0.4 is 10.6 Å². The van der Waals surface area contributed by atoms with Crippen molar-refractivity contribution in [1.29, 1.82) is 0 Å². The Hall–Kier alpha value is -3.22. The third-order valence-corrected chi connectivity index (χ3v) is 7.29. The Balaban J connectivity index is 1.33. The summed E-state index contributed by atoms with van der Waals surface area (Å²) in [7, 11) is 1.32. The van der Waals surface area contributed by atoms with Crippen LogP contribution in [0.3, 0.4) is 0 Å². The fraction of sp³-hybridized carbons (Fsp3) is 0.400. The lowest BCUT2D eigenvalue weighted by Gasteiger charge is -2.36. The number of ether oxygens (including phenoxy) is 2. The first-order valence-electron chi connectivity index (χ1n) is 12.8. The Morgan fingerprint density at radius 2 is 1.72 bits per heavy atom. The SMILES string of the molecule is COC(=O)CNC(=O)C1(c2ccc(CCCN[C@H](C)c3cccc4ccccc34)cc2)CCOCC1. The summed E-state index contributed by atoms with van der Waals surface area (Å²) < 4.78 is 10.2. The number of amides is 1. The molecule has 0 radical (unpaired) electrons. The highest BCUT2D eigenvalue weighted by Gasteiger charge is 2.41. The highest BCUT2D eigenvalue weighted by atomic mass is 16.5. The maximum Gasteiger partial charge on any atom is 0.325 e. The number of rotatable bonds is 10. The number of fused-ring (bicyclic) bond motifs is 1. The van der Waals surface area contributed by atoms with E-state index in [2.05, 4.69) is 89.0 Å². The second kappa shape index (κ2) is 12.2. The first-order valence-corrected chi connectivity index (χ1v) is 12.8. The maximum atomic E-state index is 13.1. The van der Waals surface area contributed by atoms with Gasteiger partial charge in [-0.05, 0) is 66.6 Å². The number of carbonyl (C=O) groups is 2. The number of benzene rings is 3. The number of hydrogen-bond donors (Lipinski definition) is 2. The summed E-state index contributed by atoms with van der Waals surface area (Å²) in [5.74, 6) is -0.597. The molecule has 190 valence electrons. The average Bonchev–Trinajstić information content (AvgIpc) is 2.94. The predicted octanol–water partition coefficient (Wildman–Crippen LogP) is 4.46. The normalized spacial score (nSPS) is 15.8. The Morgan fingerprint density at radius 3 is 2.47 bits per heavy atom. The van der Waals surface area contributed by atoms with E-state index in [1.165, 1.54) is 29.0 Å². The van der Waals surface area contributed by atoms with E-state index in [-0.39, 0.29) is 18.5 Å². The molecule has 1 heterocycles. The standard InChI is InChI=1S/C30H36N2O4/c1-22(26-11-5-9-24-8-3-4-10-27(24)26)31-18-6-7-23-12-14-25(15-13-23)30(16-19-36-20-17-30)29(34)32-21-28(33)35-2/h3-5,8-15,22,31H,6-7,16-21H2,1-2H3,(H,32,34)/t22-/m1/s1. The molecule has 2 N–H and O–H groups in total. The zero-order valence-electron chi connectivity index (χ0n) is 21.2. The average molecular weight is 489 g/mol. The molecule has 1 fully saturated rings. The van der Waals surface area contributed by atoms with Gasteiger partial charge >= 0.3 is 5.97 Å². The Kier molecular flexibility index (Phi) is 8.73. The van der Waals surface area contributed by atoms with E-state index in [1.807, 2.05) is 0 Å². The molecule has 6 heteroatoms. The largest absolute Gasteiger partial charge is 0.468 e. The number of methoxy groups -OCH3 is 1. The van der Waals surface area contributed by atoms with Gasteiger partial charge in [0.15, 0.2) is 0 Å².